The molecule has 0 N–H and O–H groups in total. The lowest BCUT2D eigenvalue weighted by Crippen LogP contribution is -1.93. The van der Waals surface area contributed by atoms with Gasteiger partial charge in [0.25, 0.3) is 0 Å². The molecule has 0 nitrogen and oxygen atoms in total. The second-order valence-corrected chi connectivity index (χ2v) is 17.0. The van der Waals surface area contributed by atoms with Crippen LogP contribution in [0, 0.1) is 0 Å². The van der Waals surface area contributed by atoms with Crippen LogP contribution in [0.25, 0.3) is 132 Å². The molecule has 0 atom stereocenters. The van der Waals surface area contributed by atoms with Gasteiger partial charge in [-0.15, -0.1) is 0 Å². The van der Waals surface area contributed by atoms with Gasteiger partial charge in [0.15, 0.2) is 0 Å². The van der Waals surface area contributed by atoms with Crippen LogP contribution in [0.1, 0.15) is 0 Å². The lowest BCUT2D eigenvalue weighted by atomic mass is 9.82. The molecule has 64 heavy (non-hydrogen) atoms. The number of rotatable bonds is 6. The van der Waals surface area contributed by atoms with Gasteiger partial charge in [-0.25, -0.2) is 0 Å². The largest absolute Gasteiger partial charge is 0.0622 e. The third-order valence-corrected chi connectivity index (χ3v) is 13.6. The highest BCUT2D eigenvalue weighted by Crippen LogP contribution is 2.58. The van der Waals surface area contributed by atoms with Crippen molar-refractivity contribution in [3.05, 3.63) is 243 Å². The van der Waals surface area contributed by atoms with Crippen molar-refractivity contribution in [1.82, 2.24) is 0 Å². The van der Waals surface area contributed by atoms with Crippen molar-refractivity contribution >= 4 is 43.1 Å². The van der Waals surface area contributed by atoms with E-state index in [2.05, 4.69) is 243 Å². The van der Waals surface area contributed by atoms with Crippen LogP contribution in [0.5, 0.6) is 0 Å². The summed E-state index contributed by atoms with van der Waals surface area (Å²) in [5, 5.41) is 10.2. The van der Waals surface area contributed by atoms with E-state index in [4.69, 9.17) is 0 Å². The van der Waals surface area contributed by atoms with Crippen molar-refractivity contribution in [3.63, 3.8) is 0 Å². The molecule has 0 heterocycles. The van der Waals surface area contributed by atoms with Gasteiger partial charge in [-0.2, -0.15) is 0 Å². The minimum absolute atomic E-state index is 1.20. The van der Waals surface area contributed by atoms with Crippen molar-refractivity contribution in [3.8, 4) is 89.0 Å². The molecule has 296 valence electrons. The van der Waals surface area contributed by atoms with E-state index in [1.54, 1.807) is 0 Å². The van der Waals surface area contributed by atoms with E-state index in [1.165, 1.54) is 132 Å². The summed E-state index contributed by atoms with van der Waals surface area (Å²) < 4.78 is 0. The Morgan fingerprint density at radius 2 is 0.516 bits per heavy atom. The summed E-state index contributed by atoms with van der Waals surface area (Å²) in [5.74, 6) is 0. The van der Waals surface area contributed by atoms with Gasteiger partial charge >= 0.3 is 0 Å². The molecule has 0 bridgehead atoms. The fraction of sp³-hybridized carbons (Fsp3) is 0. The maximum atomic E-state index is 2.42. The van der Waals surface area contributed by atoms with E-state index in [0.29, 0.717) is 0 Å². The van der Waals surface area contributed by atoms with Gasteiger partial charge < -0.3 is 0 Å². The smallest absolute Gasteiger partial charge is 0.000741 e. The summed E-state index contributed by atoms with van der Waals surface area (Å²) in [4.78, 5) is 0. The van der Waals surface area contributed by atoms with Gasteiger partial charge in [0.2, 0.25) is 0 Å². The zero-order valence-electron chi connectivity index (χ0n) is 35.1. The van der Waals surface area contributed by atoms with Crippen LogP contribution < -0.4 is 0 Å². The number of hydrogen-bond acceptors (Lipinski definition) is 0. The summed E-state index contributed by atoms with van der Waals surface area (Å²) in [5.41, 5.74) is 20.2. The van der Waals surface area contributed by atoms with E-state index in [-0.39, 0.29) is 0 Å². The van der Waals surface area contributed by atoms with Gasteiger partial charge in [0.05, 0.1) is 0 Å². The van der Waals surface area contributed by atoms with Gasteiger partial charge in [-0.3, -0.25) is 0 Å². The summed E-state index contributed by atoms with van der Waals surface area (Å²) in [6.45, 7) is 0. The minimum Gasteiger partial charge on any atom is -0.0622 e. The first-order chi connectivity index (χ1) is 31.8. The number of fused-ring (bicyclic) bond motifs is 6. The monoisotopic (exact) mass is 808 g/mol. The van der Waals surface area contributed by atoms with Crippen LogP contribution >= 0.6 is 0 Å². The van der Waals surface area contributed by atoms with Gasteiger partial charge in [0.1, 0.15) is 0 Å². The molecule has 12 aromatic carbocycles. The molecule has 0 aliphatic heterocycles. The van der Waals surface area contributed by atoms with E-state index >= 15 is 0 Å². The molecule has 0 unspecified atom stereocenters. The Morgan fingerprint density at radius 1 is 0.156 bits per heavy atom. The predicted octanol–water partition coefficient (Wildman–Crippen LogP) is 17.9. The minimum atomic E-state index is 1.20. The van der Waals surface area contributed by atoms with Crippen molar-refractivity contribution in [2.24, 2.45) is 0 Å². The highest BCUT2D eigenvalue weighted by molar-refractivity contribution is 6.29. The van der Waals surface area contributed by atoms with Gasteiger partial charge in [-0.1, -0.05) is 237 Å². The Labute approximate surface area is 373 Å². The molecule has 0 spiro atoms. The molecule has 0 heteroatoms. The average molecular weight is 809 g/mol. The number of benzene rings is 12. The SMILES string of the molecule is c1ccc(-c2c3c(c(-c4ccccc4)c4ccccc24)-c2ccc(-c4ccc(-c5ccc6c(-c7ccccc7)c7ccccc7c(-c7ccccc7)c6c5)cc4)c4cccc-3c24)cc1. The van der Waals surface area contributed by atoms with E-state index in [0.717, 1.165) is 0 Å². The van der Waals surface area contributed by atoms with Crippen molar-refractivity contribution in [2.75, 3.05) is 0 Å². The highest BCUT2D eigenvalue weighted by atomic mass is 14.3. The molecule has 0 aromatic heterocycles. The Hall–Kier alpha value is -8.32. The molecule has 0 radical (unpaired) electrons. The lowest BCUT2D eigenvalue weighted by molar-refractivity contribution is 1.61. The zero-order valence-corrected chi connectivity index (χ0v) is 35.1. The summed E-state index contributed by atoms with van der Waals surface area (Å²) in [6, 6.07) is 89.6. The van der Waals surface area contributed by atoms with Crippen LogP contribution in [0.4, 0.5) is 0 Å². The van der Waals surface area contributed by atoms with E-state index < -0.39 is 0 Å². The molecular weight excluding hydrogens is 769 g/mol. The maximum absolute atomic E-state index is 2.42. The molecule has 13 rings (SSSR count). The van der Waals surface area contributed by atoms with Crippen molar-refractivity contribution < 1.29 is 0 Å². The topological polar surface area (TPSA) is 0 Å². The lowest BCUT2D eigenvalue weighted by Gasteiger charge is -2.20. The summed E-state index contributed by atoms with van der Waals surface area (Å²) in [6.07, 6.45) is 0. The van der Waals surface area contributed by atoms with Gasteiger partial charge in [0, 0.05) is 0 Å². The standard InChI is InChI=1S/C64H40/c1-5-18-43(19-6-1)58-50-26-13-14-27-51(50)59(44-20-7-2-8-21-44)57-40-47(36-37-54(57)58)41-32-34-42(35-33-41)48-38-39-56-62-49(48)30-17-31-55(62)63-60(45-22-9-3-10-23-45)52-28-15-16-29-53(52)61(64(56)63)46-24-11-4-12-25-46/h1-40H. The second kappa shape index (κ2) is 14.7. The van der Waals surface area contributed by atoms with Crippen molar-refractivity contribution in [2.45, 2.75) is 0 Å². The van der Waals surface area contributed by atoms with E-state index in [9.17, 15) is 0 Å². The first-order valence-electron chi connectivity index (χ1n) is 22.3. The first kappa shape index (κ1) is 36.3. The van der Waals surface area contributed by atoms with Crippen LogP contribution in [0.2, 0.25) is 0 Å². The molecule has 0 amide bonds. The quantitative estimate of drug-likeness (QED) is 0.147. The molecule has 0 saturated heterocycles. The average Bonchev–Trinajstić information content (AvgIpc) is 3.70. The van der Waals surface area contributed by atoms with Crippen LogP contribution in [-0.4, -0.2) is 0 Å². The van der Waals surface area contributed by atoms with Crippen molar-refractivity contribution in [1.29, 1.82) is 0 Å². The van der Waals surface area contributed by atoms with Crippen LogP contribution in [0.3, 0.4) is 0 Å². The molecule has 12 aromatic rings. The molecule has 1 aliphatic rings. The summed E-state index contributed by atoms with van der Waals surface area (Å²) >= 11 is 0. The van der Waals surface area contributed by atoms with E-state index in [1.807, 2.05) is 0 Å². The van der Waals surface area contributed by atoms with Crippen LogP contribution in [-0.2, 0) is 0 Å². The third-order valence-electron chi connectivity index (χ3n) is 13.6. The third kappa shape index (κ3) is 5.56. The highest BCUT2D eigenvalue weighted by Gasteiger charge is 2.31. The molecule has 0 saturated carbocycles. The Morgan fingerprint density at radius 3 is 1.03 bits per heavy atom. The first-order valence-corrected chi connectivity index (χ1v) is 22.3. The molecule has 1 aliphatic carbocycles. The maximum Gasteiger partial charge on any atom is -0.000741 e. The van der Waals surface area contributed by atoms with Gasteiger partial charge in [-0.05, 0) is 138 Å². The normalized spacial score (nSPS) is 11.8. The van der Waals surface area contributed by atoms with Crippen LogP contribution in [0.15, 0.2) is 243 Å². The Balaban J connectivity index is 0.985. The summed E-state index contributed by atoms with van der Waals surface area (Å²) in [7, 11) is 0. The Bertz CT molecular complexity index is 3680. The predicted molar refractivity (Wildman–Crippen MR) is 274 cm³/mol. The fourth-order valence-electron chi connectivity index (χ4n) is 10.9. The molecular formula is C64H40. The Kier molecular flexibility index (Phi) is 8.32. The second-order valence-electron chi connectivity index (χ2n) is 17.0. The molecule has 0 fully saturated rings. The fourth-order valence-corrected chi connectivity index (χ4v) is 10.9. The number of hydrogen-bond donors (Lipinski definition) is 0. The zero-order chi connectivity index (χ0) is 42.1.